The highest BCUT2D eigenvalue weighted by Gasteiger charge is 2.40. The molecule has 0 saturated carbocycles. The molecule has 0 aliphatic carbocycles. The van der Waals surface area contributed by atoms with E-state index in [0.29, 0.717) is 24.8 Å². The molecule has 0 aromatic rings. The number of esters is 1. The minimum absolute atomic E-state index is 0.206. The van der Waals surface area contributed by atoms with Crippen molar-refractivity contribution in [1.29, 1.82) is 0 Å². The van der Waals surface area contributed by atoms with Crippen LogP contribution < -0.4 is 5.32 Å². The molecule has 2 saturated heterocycles. The lowest BCUT2D eigenvalue weighted by Gasteiger charge is -2.19. The van der Waals surface area contributed by atoms with E-state index in [2.05, 4.69) is 10.1 Å². The van der Waals surface area contributed by atoms with Crippen molar-refractivity contribution in [3.05, 3.63) is 0 Å². The number of ether oxygens (including phenoxy) is 2. The Morgan fingerprint density at radius 3 is 3.00 bits per heavy atom. The highest BCUT2D eigenvalue weighted by Crippen LogP contribution is 2.34. The van der Waals surface area contributed by atoms with E-state index in [1.165, 1.54) is 13.5 Å². The number of methoxy groups -OCH3 is 1. The van der Waals surface area contributed by atoms with Gasteiger partial charge in [0.15, 0.2) is 0 Å². The van der Waals surface area contributed by atoms with Crippen LogP contribution >= 0.6 is 0 Å². The van der Waals surface area contributed by atoms with Crippen molar-refractivity contribution in [2.24, 2.45) is 0 Å². The second-order valence-electron chi connectivity index (χ2n) is 3.67. The Balaban J connectivity index is 1.74. The van der Waals surface area contributed by atoms with E-state index in [4.69, 9.17) is 4.74 Å². The SMILES string of the molecule is COC(=O)CNC1CC2CCC1O2. The van der Waals surface area contributed by atoms with Crippen LogP contribution in [0.15, 0.2) is 0 Å². The highest BCUT2D eigenvalue weighted by atomic mass is 16.5. The van der Waals surface area contributed by atoms with E-state index in [9.17, 15) is 4.79 Å². The normalized spacial score (nSPS) is 36.5. The molecule has 0 amide bonds. The van der Waals surface area contributed by atoms with Crippen LogP contribution in [0, 0.1) is 0 Å². The van der Waals surface area contributed by atoms with Crippen molar-refractivity contribution in [3.63, 3.8) is 0 Å². The lowest BCUT2D eigenvalue weighted by atomic mass is 9.95. The molecular formula is C9H15NO3. The van der Waals surface area contributed by atoms with Crippen LogP contribution in [0.1, 0.15) is 19.3 Å². The van der Waals surface area contributed by atoms with Gasteiger partial charge in [0, 0.05) is 6.04 Å². The first kappa shape index (κ1) is 8.97. The molecule has 3 atom stereocenters. The maximum atomic E-state index is 10.8. The van der Waals surface area contributed by atoms with Gasteiger partial charge in [-0.05, 0) is 19.3 Å². The van der Waals surface area contributed by atoms with Crippen molar-refractivity contribution in [2.75, 3.05) is 13.7 Å². The lowest BCUT2D eigenvalue weighted by molar-refractivity contribution is -0.139. The summed E-state index contributed by atoms with van der Waals surface area (Å²) in [4.78, 5) is 10.8. The summed E-state index contributed by atoms with van der Waals surface area (Å²) in [5.74, 6) is -0.206. The molecule has 3 unspecified atom stereocenters. The molecule has 13 heavy (non-hydrogen) atoms. The second kappa shape index (κ2) is 3.64. The summed E-state index contributed by atoms with van der Waals surface area (Å²) in [5, 5.41) is 3.16. The molecule has 4 nitrogen and oxygen atoms in total. The monoisotopic (exact) mass is 185 g/mol. The highest BCUT2D eigenvalue weighted by molar-refractivity contribution is 5.71. The third kappa shape index (κ3) is 1.84. The van der Waals surface area contributed by atoms with Crippen LogP contribution in [0.5, 0.6) is 0 Å². The van der Waals surface area contributed by atoms with Crippen LogP contribution in [0.4, 0.5) is 0 Å². The Bertz CT molecular complexity index is 207. The molecule has 1 N–H and O–H groups in total. The standard InChI is InChI=1S/C9H15NO3/c1-12-9(11)5-10-7-4-6-2-3-8(7)13-6/h6-8,10H,2-5H2,1H3. The largest absolute Gasteiger partial charge is 0.468 e. The third-order valence-corrected chi connectivity index (χ3v) is 2.84. The first-order valence-electron chi connectivity index (χ1n) is 4.75. The van der Waals surface area contributed by atoms with Gasteiger partial charge in [-0.3, -0.25) is 4.79 Å². The quantitative estimate of drug-likeness (QED) is 0.632. The Morgan fingerprint density at radius 1 is 1.62 bits per heavy atom. The van der Waals surface area contributed by atoms with Gasteiger partial charge < -0.3 is 14.8 Å². The van der Waals surface area contributed by atoms with Crippen molar-refractivity contribution in [3.8, 4) is 0 Å². The van der Waals surface area contributed by atoms with Crippen LogP contribution in [0.25, 0.3) is 0 Å². The smallest absolute Gasteiger partial charge is 0.319 e. The molecule has 2 heterocycles. The Hall–Kier alpha value is -0.610. The molecule has 0 aromatic carbocycles. The molecule has 4 heteroatoms. The molecule has 2 aliphatic heterocycles. The molecule has 2 bridgehead atoms. The van der Waals surface area contributed by atoms with Gasteiger partial charge in [-0.25, -0.2) is 0 Å². The van der Waals surface area contributed by atoms with Crippen molar-refractivity contribution < 1.29 is 14.3 Å². The summed E-state index contributed by atoms with van der Waals surface area (Å²) in [7, 11) is 1.40. The Kier molecular flexibility index (Phi) is 2.51. The average Bonchev–Trinajstić information content (AvgIpc) is 2.74. The van der Waals surface area contributed by atoms with E-state index in [-0.39, 0.29) is 5.97 Å². The van der Waals surface area contributed by atoms with Gasteiger partial charge in [0.25, 0.3) is 0 Å². The van der Waals surface area contributed by atoms with E-state index >= 15 is 0 Å². The zero-order valence-corrected chi connectivity index (χ0v) is 7.79. The second-order valence-corrected chi connectivity index (χ2v) is 3.67. The van der Waals surface area contributed by atoms with Crippen LogP contribution in [-0.2, 0) is 14.3 Å². The van der Waals surface area contributed by atoms with Gasteiger partial charge in [-0.2, -0.15) is 0 Å². The van der Waals surface area contributed by atoms with Gasteiger partial charge in [-0.1, -0.05) is 0 Å². The number of nitrogens with one attached hydrogen (secondary N) is 1. The maximum Gasteiger partial charge on any atom is 0.319 e. The predicted molar refractivity (Wildman–Crippen MR) is 46.3 cm³/mol. The van der Waals surface area contributed by atoms with Crippen molar-refractivity contribution in [1.82, 2.24) is 5.32 Å². The molecule has 74 valence electrons. The molecule has 2 fully saturated rings. The van der Waals surface area contributed by atoms with Gasteiger partial charge in [-0.15, -0.1) is 0 Å². The number of rotatable bonds is 3. The van der Waals surface area contributed by atoms with Gasteiger partial charge in [0.05, 0.1) is 25.9 Å². The van der Waals surface area contributed by atoms with Gasteiger partial charge in [0.1, 0.15) is 0 Å². The third-order valence-electron chi connectivity index (χ3n) is 2.84. The maximum absolute atomic E-state index is 10.8. The Labute approximate surface area is 77.6 Å². The van der Waals surface area contributed by atoms with E-state index < -0.39 is 0 Å². The molecule has 0 radical (unpaired) electrons. The van der Waals surface area contributed by atoms with E-state index in [1.54, 1.807) is 0 Å². The van der Waals surface area contributed by atoms with E-state index in [1.807, 2.05) is 0 Å². The van der Waals surface area contributed by atoms with Crippen LogP contribution in [0.3, 0.4) is 0 Å². The number of carbonyl (C=O) groups is 1. The lowest BCUT2D eigenvalue weighted by Crippen LogP contribution is -2.40. The average molecular weight is 185 g/mol. The molecule has 2 rings (SSSR count). The summed E-state index contributed by atoms with van der Waals surface area (Å²) >= 11 is 0. The van der Waals surface area contributed by atoms with E-state index in [0.717, 1.165) is 12.8 Å². The fourth-order valence-electron chi connectivity index (χ4n) is 2.14. The van der Waals surface area contributed by atoms with Crippen LogP contribution in [0.2, 0.25) is 0 Å². The number of fused-ring (bicyclic) bond motifs is 2. The van der Waals surface area contributed by atoms with Gasteiger partial charge in [0.2, 0.25) is 0 Å². The van der Waals surface area contributed by atoms with Crippen molar-refractivity contribution >= 4 is 5.97 Å². The zero-order valence-electron chi connectivity index (χ0n) is 7.79. The summed E-state index contributed by atoms with van der Waals surface area (Å²) in [5.41, 5.74) is 0. The molecule has 0 aromatic heterocycles. The Morgan fingerprint density at radius 2 is 2.46 bits per heavy atom. The number of hydrogen-bond donors (Lipinski definition) is 1. The topological polar surface area (TPSA) is 47.6 Å². The number of carbonyl (C=O) groups excluding carboxylic acids is 1. The molecule has 2 aliphatic rings. The predicted octanol–water partition coefficient (Wildman–Crippen LogP) is 0.0689. The molecule has 0 spiro atoms. The van der Waals surface area contributed by atoms with Crippen molar-refractivity contribution in [2.45, 2.75) is 37.5 Å². The summed E-state index contributed by atoms with van der Waals surface area (Å²) < 4.78 is 10.2. The van der Waals surface area contributed by atoms with Crippen LogP contribution in [-0.4, -0.2) is 37.9 Å². The fraction of sp³-hybridized carbons (Fsp3) is 0.889. The summed E-state index contributed by atoms with van der Waals surface area (Å²) in [6, 6.07) is 0.359. The summed E-state index contributed by atoms with van der Waals surface area (Å²) in [6.45, 7) is 0.299. The zero-order chi connectivity index (χ0) is 9.26. The molecular weight excluding hydrogens is 170 g/mol. The minimum Gasteiger partial charge on any atom is -0.468 e. The summed E-state index contributed by atoms with van der Waals surface area (Å²) in [6.07, 6.45) is 4.11. The fourth-order valence-corrected chi connectivity index (χ4v) is 2.14. The first-order valence-corrected chi connectivity index (χ1v) is 4.75. The first-order chi connectivity index (χ1) is 6.29. The number of hydrogen-bond acceptors (Lipinski definition) is 4. The minimum atomic E-state index is -0.206. The van der Waals surface area contributed by atoms with Gasteiger partial charge >= 0.3 is 5.97 Å².